The molecule has 1 atom stereocenters. The molecule has 0 unspecified atom stereocenters. The van der Waals surface area contributed by atoms with Crippen LogP contribution < -0.4 is 5.32 Å². The summed E-state index contributed by atoms with van der Waals surface area (Å²) in [7, 11) is 0. The van der Waals surface area contributed by atoms with Gasteiger partial charge in [-0.1, -0.05) is 0 Å². The van der Waals surface area contributed by atoms with E-state index in [1.165, 1.54) is 18.0 Å². The third-order valence-corrected chi connectivity index (χ3v) is 2.81. The SMILES string of the molecule is CSCC[C@H](NC(=O)c1cc(C)co1)C(=O)O. The van der Waals surface area contributed by atoms with E-state index in [1.807, 2.05) is 6.26 Å². The Morgan fingerprint density at radius 2 is 2.29 bits per heavy atom. The number of carbonyl (C=O) groups excluding carboxylic acids is 1. The Balaban J connectivity index is 2.60. The molecule has 17 heavy (non-hydrogen) atoms. The van der Waals surface area contributed by atoms with Crippen LogP contribution in [0, 0.1) is 6.92 Å². The Morgan fingerprint density at radius 3 is 2.76 bits per heavy atom. The number of rotatable bonds is 6. The fourth-order valence-corrected chi connectivity index (χ4v) is 1.74. The molecule has 1 amide bonds. The monoisotopic (exact) mass is 257 g/mol. The summed E-state index contributed by atoms with van der Waals surface area (Å²) >= 11 is 1.54. The molecule has 0 fully saturated rings. The standard InChI is InChI=1S/C11H15NO4S/c1-7-5-9(16-6-7)10(13)12-8(11(14)15)3-4-17-2/h5-6,8H,3-4H2,1-2H3,(H,12,13)(H,14,15)/t8-/m0/s1. The van der Waals surface area contributed by atoms with Crippen LogP contribution in [-0.2, 0) is 4.79 Å². The number of thioether (sulfide) groups is 1. The van der Waals surface area contributed by atoms with Gasteiger partial charge in [0.05, 0.1) is 6.26 Å². The molecular weight excluding hydrogens is 242 g/mol. The highest BCUT2D eigenvalue weighted by atomic mass is 32.2. The minimum Gasteiger partial charge on any atom is -0.480 e. The van der Waals surface area contributed by atoms with Crippen molar-refractivity contribution in [1.82, 2.24) is 5.32 Å². The minimum absolute atomic E-state index is 0.137. The Morgan fingerprint density at radius 1 is 1.59 bits per heavy atom. The Hall–Kier alpha value is -1.43. The van der Waals surface area contributed by atoms with Gasteiger partial charge in [0.1, 0.15) is 6.04 Å². The smallest absolute Gasteiger partial charge is 0.326 e. The molecule has 0 saturated carbocycles. The lowest BCUT2D eigenvalue weighted by Crippen LogP contribution is -2.41. The summed E-state index contributed by atoms with van der Waals surface area (Å²) in [5.74, 6) is -0.714. The zero-order valence-corrected chi connectivity index (χ0v) is 10.5. The molecule has 0 radical (unpaired) electrons. The molecule has 0 aromatic carbocycles. The molecule has 0 bridgehead atoms. The average molecular weight is 257 g/mol. The van der Waals surface area contributed by atoms with Gasteiger partial charge in [-0.15, -0.1) is 0 Å². The quantitative estimate of drug-likeness (QED) is 0.807. The van der Waals surface area contributed by atoms with Crippen molar-refractivity contribution in [2.75, 3.05) is 12.0 Å². The predicted octanol–water partition coefficient (Wildman–Crippen LogP) is 1.52. The fraction of sp³-hybridized carbons (Fsp3) is 0.455. The van der Waals surface area contributed by atoms with E-state index in [9.17, 15) is 9.59 Å². The Kier molecular flexibility index (Phi) is 5.09. The maximum Gasteiger partial charge on any atom is 0.326 e. The number of nitrogens with one attached hydrogen (secondary N) is 1. The second-order valence-electron chi connectivity index (χ2n) is 3.63. The first-order valence-corrected chi connectivity index (χ1v) is 6.51. The minimum atomic E-state index is -1.03. The van der Waals surface area contributed by atoms with Crippen molar-refractivity contribution < 1.29 is 19.1 Å². The van der Waals surface area contributed by atoms with E-state index in [4.69, 9.17) is 9.52 Å². The summed E-state index contributed by atoms with van der Waals surface area (Å²) in [6.45, 7) is 1.79. The van der Waals surface area contributed by atoms with Gasteiger partial charge < -0.3 is 14.8 Å². The van der Waals surface area contributed by atoms with Crippen LogP contribution in [-0.4, -0.2) is 35.0 Å². The molecule has 0 aliphatic heterocycles. The zero-order chi connectivity index (χ0) is 12.8. The van der Waals surface area contributed by atoms with E-state index in [2.05, 4.69) is 5.32 Å². The third-order valence-electron chi connectivity index (χ3n) is 2.17. The lowest BCUT2D eigenvalue weighted by molar-refractivity contribution is -0.139. The molecule has 94 valence electrons. The van der Waals surface area contributed by atoms with Crippen LogP contribution in [0.3, 0.4) is 0 Å². The first-order valence-electron chi connectivity index (χ1n) is 5.12. The number of carboxylic acid groups (broad SMARTS) is 1. The van der Waals surface area contributed by atoms with E-state index in [1.54, 1.807) is 13.0 Å². The second-order valence-corrected chi connectivity index (χ2v) is 4.62. The number of aryl methyl sites for hydroxylation is 1. The second kappa shape index (κ2) is 6.34. The molecule has 1 heterocycles. The van der Waals surface area contributed by atoms with Crippen molar-refractivity contribution in [3.63, 3.8) is 0 Å². The number of amides is 1. The predicted molar refractivity (Wildman–Crippen MR) is 65.3 cm³/mol. The molecule has 1 aromatic rings. The van der Waals surface area contributed by atoms with Gasteiger partial charge in [-0.2, -0.15) is 11.8 Å². The fourth-order valence-electron chi connectivity index (χ4n) is 1.27. The highest BCUT2D eigenvalue weighted by molar-refractivity contribution is 7.98. The summed E-state index contributed by atoms with van der Waals surface area (Å²) in [6, 6.07) is 0.698. The van der Waals surface area contributed by atoms with Crippen LogP contribution in [0.25, 0.3) is 0 Å². The van der Waals surface area contributed by atoms with Crippen LogP contribution in [0.15, 0.2) is 16.7 Å². The van der Waals surface area contributed by atoms with Gasteiger partial charge in [-0.25, -0.2) is 4.79 Å². The molecule has 2 N–H and O–H groups in total. The van der Waals surface area contributed by atoms with Crippen LogP contribution in [0.4, 0.5) is 0 Å². The van der Waals surface area contributed by atoms with E-state index in [0.717, 1.165) is 5.56 Å². The number of hydrogen-bond donors (Lipinski definition) is 2. The van der Waals surface area contributed by atoms with Crippen LogP contribution in [0.2, 0.25) is 0 Å². The van der Waals surface area contributed by atoms with Crippen molar-refractivity contribution >= 4 is 23.6 Å². The summed E-state index contributed by atoms with van der Waals surface area (Å²) in [6.07, 6.45) is 3.73. The van der Waals surface area contributed by atoms with Gasteiger partial charge >= 0.3 is 5.97 Å². The molecule has 1 rings (SSSR count). The lowest BCUT2D eigenvalue weighted by atomic mass is 10.2. The van der Waals surface area contributed by atoms with Crippen LogP contribution >= 0.6 is 11.8 Å². The average Bonchev–Trinajstić information content (AvgIpc) is 2.70. The van der Waals surface area contributed by atoms with Crippen molar-refractivity contribution in [3.8, 4) is 0 Å². The molecule has 0 spiro atoms. The Labute approximate surface area is 104 Å². The first kappa shape index (κ1) is 13.6. The summed E-state index contributed by atoms with van der Waals surface area (Å²) < 4.78 is 5.00. The van der Waals surface area contributed by atoms with Crippen molar-refractivity contribution in [1.29, 1.82) is 0 Å². The lowest BCUT2D eigenvalue weighted by Gasteiger charge is -2.12. The molecule has 6 heteroatoms. The van der Waals surface area contributed by atoms with E-state index in [-0.39, 0.29) is 5.76 Å². The number of carboxylic acids is 1. The van der Waals surface area contributed by atoms with Crippen LogP contribution in [0.5, 0.6) is 0 Å². The molecule has 0 saturated heterocycles. The molecular formula is C11H15NO4S. The highest BCUT2D eigenvalue weighted by Crippen LogP contribution is 2.07. The highest BCUT2D eigenvalue weighted by Gasteiger charge is 2.21. The summed E-state index contributed by atoms with van der Waals surface area (Å²) in [4.78, 5) is 22.6. The number of furan rings is 1. The van der Waals surface area contributed by atoms with Gasteiger partial charge in [-0.3, -0.25) is 4.79 Å². The first-order chi connectivity index (χ1) is 8.04. The molecule has 0 aliphatic rings. The van der Waals surface area contributed by atoms with Crippen molar-refractivity contribution in [2.24, 2.45) is 0 Å². The summed E-state index contributed by atoms with van der Waals surface area (Å²) in [5, 5.41) is 11.4. The normalized spacial score (nSPS) is 12.1. The van der Waals surface area contributed by atoms with Crippen LogP contribution in [0.1, 0.15) is 22.5 Å². The van der Waals surface area contributed by atoms with E-state index in [0.29, 0.717) is 12.2 Å². The topological polar surface area (TPSA) is 79.5 Å². The van der Waals surface area contributed by atoms with Gasteiger partial charge in [0.25, 0.3) is 5.91 Å². The van der Waals surface area contributed by atoms with Gasteiger partial charge in [0.2, 0.25) is 0 Å². The number of hydrogen-bond acceptors (Lipinski definition) is 4. The van der Waals surface area contributed by atoms with Gasteiger partial charge in [0.15, 0.2) is 5.76 Å². The largest absolute Gasteiger partial charge is 0.480 e. The maximum absolute atomic E-state index is 11.7. The number of aliphatic carboxylic acids is 1. The van der Waals surface area contributed by atoms with Gasteiger partial charge in [0, 0.05) is 0 Å². The molecule has 0 aliphatic carbocycles. The van der Waals surface area contributed by atoms with Crippen molar-refractivity contribution in [2.45, 2.75) is 19.4 Å². The zero-order valence-electron chi connectivity index (χ0n) is 9.73. The number of carbonyl (C=O) groups is 2. The van der Waals surface area contributed by atoms with E-state index < -0.39 is 17.9 Å². The third kappa shape index (κ3) is 4.14. The van der Waals surface area contributed by atoms with Gasteiger partial charge in [-0.05, 0) is 37.0 Å². The van der Waals surface area contributed by atoms with E-state index >= 15 is 0 Å². The Bertz CT molecular complexity index is 402. The maximum atomic E-state index is 11.7. The van der Waals surface area contributed by atoms with Crippen molar-refractivity contribution in [3.05, 3.63) is 23.7 Å². The molecule has 5 nitrogen and oxygen atoms in total. The summed E-state index contributed by atoms with van der Waals surface area (Å²) in [5.41, 5.74) is 0.825. The molecule has 1 aromatic heterocycles.